The highest BCUT2D eigenvalue weighted by molar-refractivity contribution is 5.89. The molecule has 4 nitrogen and oxygen atoms in total. The van der Waals surface area contributed by atoms with E-state index in [0.717, 1.165) is 0 Å². The summed E-state index contributed by atoms with van der Waals surface area (Å²) in [6.07, 6.45) is 0. The number of nitrogens with one attached hydrogen (secondary N) is 1. The molecule has 0 aromatic rings. The van der Waals surface area contributed by atoms with Crippen molar-refractivity contribution in [1.82, 2.24) is 5.32 Å². The van der Waals surface area contributed by atoms with Crippen molar-refractivity contribution in [3.63, 3.8) is 0 Å². The largest absolute Gasteiger partial charge is 0.466 e. The van der Waals surface area contributed by atoms with E-state index in [9.17, 15) is 9.59 Å². The van der Waals surface area contributed by atoms with Gasteiger partial charge < -0.3 is 10.1 Å². The van der Waals surface area contributed by atoms with Gasteiger partial charge in [0.05, 0.1) is 12.7 Å². The molecule has 0 aliphatic heterocycles. The topological polar surface area (TPSA) is 55.4 Å². The highest BCUT2D eigenvalue weighted by Crippen LogP contribution is 2.01. The number of rotatable bonds is 2. The summed E-state index contributed by atoms with van der Waals surface area (Å²) >= 11 is 0. The van der Waals surface area contributed by atoms with E-state index in [4.69, 9.17) is 0 Å². The van der Waals surface area contributed by atoms with Crippen LogP contribution in [0.25, 0.3) is 0 Å². The molecule has 0 unspecified atom stereocenters. The number of carbonyl (C=O) groups is 2. The Hall–Kier alpha value is -1.32. The van der Waals surface area contributed by atoms with E-state index in [1.165, 1.54) is 14.0 Å². The second-order valence-electron chi connectivity index (χ2n) is 2.42. The smallest absolute Gasteiger partial charge is 0.335 e. The van der Waals surface area contributed by atoms with Gasteiger partial charge >= 0.3 is 5.97 Å². The summed E-state index contributed by atoms with van der Waals surface area (Å²) < 4.78 is 4.47. The fraction of sp³-hybridized carbons (Fsp3) is 0.500. The van der Waals surface area contributed by atoms with E-state index in [1.807, 2.05) is 0 Å². The quantitative estimate of drug-likeness (QED) is 0.488. The molecule has 0 fully saturated rings. The van der Waals surface area contributed by atoms with Crippen LogP contribution in [0.5, 0.6) is 0 Å². The Balaban J connectivity index is 4.46. The molecule has 12 heavy (non-hydrogen) atoms. The molecule has 0 aliphatic rings. The lowest BCUT2D eigenvalue weighted by Crippen LogP contribution is -2.20. The van der Waals surface area contributed by atoms with Crippen LogP contribution in [-0.2, 0) is 14.3 Å². The normalized spacial score (nSPS) is 11.7. The Morgan fingerprint density at radius 3 is 2.00 bits per heavy atom. The maximum Gasteiger partial charge on any atom is 0.335 e. The SMILES string of the molecule is COC(=O)/C(C)=C(/C)NC(C)=O. The second-order valence-corrected chi connectivity index (χ2v) is 2.42. The van der Waals surface area contributed by atoms with Crippen molar-refractivity contribution >= 4 is 11.9 Å². The molecule has 4 heteroatoms. The van der Waals surface area contributed by atoms with Crippen molar-refractivity contribution in [2.45, 2.75) is 20.8 Å². The molecular formula is C8H13NO3. The molecule has 1 amide bonds. The van der Waals surface area contributed by atoms with E-state index in [-0.39, 0.29) is 5.91 Å². The summed E-state index contributed by atoms with van der Waals surface area (Å²) in [5, 5.41) is 2.50. The van der Waals surface area contributed by atoms with Gasteiger partial charge in [0.25, 0.3) is 0 Å². The zero-order valence-corrected chi connectivity index (χ0v) is 7.72. The fourth-order valence-electron chi connectivity index (χ4n) is 0.664. The first-order valence-corrected chi connectivity index (χ1v) is 3.52. The van der Waals surface area contributed by atoms with Crippen molar-refractivity contribution in [3.05, 3.63) is 11.3 Å². The minimum absolute atomic E-state index is 0.198. The van der Waals surface area contributed by atoms with Crippen LogP contribution in [0, 0.1) is 0 Å². The van der Waals surface area contributed by atoms with Crippen molar-refractivity contribution in [2.75, 3.05) is 7.11 Å². The Morgan fingerprint density at radius 1 is 1.17 bits per heavy atom. The number of methoxy groups -OCH3 is 1. The predicted molar refractivity (Wildman–Crippen MR) is 44.2 cm³/mol. The van der Waals surface area contributed by atoms with Crippen LogP contribution in [0.1, 0.15) is 20.8 Å². The predicted octanol–water partition coefficient (Wildman–Crippen LogP) is 0.589. The van der Waals surface area contributed by atoms with Crippen LogP contribution < -0.4 is 5.32 Å². The Bertz CT molecular complexity index is 230. The average molecular weight is 171 g/mol. The lowest BCUT2D eigenvalue weighted by Gasteiger charge is -2.05. The van der Waals surface area contributed by atoms with Crippen LogP contribution in [0.2, 0.25) is 0 Å². The van der Waals surface area contributed by atoms with E-state index in [2.05, 4.69) is 10.1 Å². The Kier molecular flexibility index (Phi) is 4.04. The molecule has 0 spiro atoms. The van der Waals surface area contributed by atoms with Gasteiger partial charge in [0, 0.05) is 12.6 Å². The van der Waals surface area contributed by atoms with Gasteiger partial charge in [-0.3, -0.25) is 4.79 Å². The van der Waals surface area contributed by atoms with Gasteiger partial charge in [0.2, 0.25) is 5.91 Å². The number of hydrogen-bond acceptors (Lipinski definition) is 3. The molecule has 1 N–H and O–H groups in total. The van der Waals surface area contributed by atoms with Crippen LogP contribution in [0.3, 0.4) is 0 Å². The minimum Gasteiger partial charge on any atom is -0.466 e. The molecule has 0 radical (unpaired) electrons. The van der Waals surface area contributed by atoms with Gasteiger partial charge in [-0.2, -0.15) is 0 Å². The lowest BCUT2D eigenvalue weighted by molar-refractivity contribution is -0.136. The van der Waals surface area contributed by atoms with Gasteiger partial charge in [-0.25, -0.2) is 4.79 Å². The van der Waals surface area contributed by atoms with Gasteiger partial charge in [-0.1, -0.05) is 0 Å². The van der Waals surface area contributed by atoms with Crippen molar-refractivity contribution in [2.24, 2.45) is 0 Å². The summed E-state index contributed by atoms with van der Waals surface area (Å²) in [6, 6.07) is 0. The zero-order chi connectivity index (χ0) is 9.72. The third-order valence-electron chi connectivity index (χ3n) is 1.42. The summed E-state index contributed by atoms with van der Waals surface area (Å²) in [6.45, 7) is 4.62. The molecule has 0 aromatic heterocycles. The highest BCUT2D eigenvalue weighted by Gasteiger charge is 2.07. The third kappa shape index (κ3) is 3.18. The van der Waals surface area contributed by atoms with Crippen LogP contribution >= 0.6 is 0 Å². The molecule has 0 atom stereocenters. The summed E-state index contributed by atoms with van der Waals surface area (Å²) in [5.74, 6) is -0.628. The Morgan fingerprint density at radius 2 is 1.67 bits per heavy atom. The van der Waals surface area contributed by atoms with Crippen LogP contribution in [0.15, 0.2) is 11.3 Å². The van der Waals surface area contributed by atoms with Crippen molar-refractivity contribution in [3.8, 4) is 0 Å². The van der Waals surface area contributed by atoms with Crippen LogP contribution in [-0.4, -0.2) is 19.0 Å². The maximum absolute atomic E-state index is 10.9. The summed E-state index contributed by atoms with van der Waals surface area (Å²) in [5.41, 5.74) is 0.932. The maximum atomic E-state index is 10.9. The molecular weight excluding hydrogens is 158 g/mol. The average Bonchev–Trinajstić information content (AvgIpc) is 2.00. The molecule has 68 valence electrons. The molecule has 0 aromatic carbocycles. The van der Waals surface area contributed by atoms with E-state index < -0.39 is 5.97 Å². The molecule has 0 rings (SSSR count). The number of hydrogen-bond donors (Lipinski definition) is 1. The number of esters is 1. The van der Waals surface area contributed by atoms with Gasteiger partial charge in [-0.15, -0.1) is 0 Å². The molecule has 0 saturated carbocycles. The van der Waals surface area contributed by atoms with E-state index in [1.54, 1.807) is 13.8 Å². The Labute approximate surface area is 71.6 Å². The van der Waals surface area contributed by atoms with Gasteiger partial charge in [0.15, 0.2) is 0 Å². The van der Waals surface area contributed by atoms with Crippen molar-refractivity contribution in [1.29, 1.82) is 0 Å². The van der Waals surface area contributed by atoms with Gasteiger partial charge in [0.1, 0.15) is 0 Å². The number of amides is 1. The molecule has 0 heterocycles. The van der Waals surface area contributed by atoms with Crippen molar-refractivity contribution < 1.29 is 14.3 Å². The standard InChI is InChI=1S/C8H13NO3/c1-5(8(11)12-4)6(2)9-7(3)10/h1-4H3,(H,9,10)/b6-5-. The minimum atomic E-state index is -0.429. The number of ether oxygens (including phenoxy) is 1. The molecule has 0 bridgehead atoms. The van der Waals surface area contributed by atoms with Crippen LogP contribution in [0.4, 0.5) is 0 Å². The zero-order valence-electron chi connectivity index (χ0n) is 7.72. The van der Waals surface area contributed by atoms with Gasteiger partial charge in [-0.05, 0) is 13.8 Å². The second kappa shape index (κ2) is 4.54. The molecule has 0 saturated heterocycles. The first-order chi connectivity index (χ1) is 5.49. The first-order valence-electron chi connectivity index (χ1n) is 3.52. The van der Waals surface area contributed by atoms with E-state index in [0.29, 0.717) is 11.3 Å². The first kappa shape index (κ1) is 10.7. The lowest BCUT2D eigenvalue weighted by atomic mass is 10.2. The fourth-order valence-corrected chi connectivity index (χ4v) is 0.664. The summed E-state index contributed by atoms with van der Waals surface area (Å²) in [7, 11) is 1.30. The third-order valence-corrected chi connectivity index (χ3v) is 1.42. The molecule has 0 aliphatic carbocycles. The monoisotopic (exact) mass is 171 g/mol. The number of allylic oxidation sites excluding steroid dienone is 1. The highest BCUT2D eigenvalue weighted by atomic mass is 16.5. The summed E-state index contributed by atoms with van der Waals surface area (Å²) in [4.78, 5) is 21.5. The van der Waals surface area contributed by atoms with E-state index >= 15 is 0 Å². The number of carbonyl (C=O) groups excluding carboxylic acids is 2.